The maximum atomic E-state index is 11.6. The highest BCUT2D eigenvalue weighted by molar-refractivity contribution is 5.35. The molecule has 5 heteroatoms. The van der Waals surface area contributed by atoms with Crippen molar-refractivity contribution in [1.82, 2.24) is 15.8 Å². The van der Waals surface area contributed by atoms with Gasteiger partial charge in [-0.1, -0.05) is 19.4 Å². The van der Waals surface area contributed by atoms with Crippen molar-refractivity contribution in [2.75, 3.05) is 19.6 Å². The molecule has 3 rings (SSSR count). The van der Waals surface area contributed by atoms with Gasteiger partial charge in [0.2, 0.25) is 6.54 Å². The van der Waals surface area contributed by atoms with Gasteiger partial charge >= 0.3 is 0 Å². The lowest BCUT2D eigenvalue weighted by Gasteiger charge is -2.42. The zero-order chi connectivity index (χ0) is 13.9. The van der Waals surface area contributed by atoms with Crippen molar-refractivity contribution in [2.24, 2.45) is 5.92 Å². The number of allylic oxidation sites excluding steroid dienone is 2. The molecule has 3 heterocycles. The van der Waals surface area contributed by atoms with E-state index in [-0.39, 0.29) is 6.17 Å². The number of rotatable bonds is 4. The van der Waals surface area contributed by atoms with Crippen LogP contribution in [0.2, 0.25) is 0 Å². The minimum Gasteiger partial charge on any atom is -0.367 e. The Hall–Kier alpha value is -1.62. The van der Waals surface area contributed by atoms with Gasteiger partial charge in [-0.3, -0.25) is 5.01 Å². The molecule has 1 saturated heterocycles. The summed E-state index contributed by atoms with van der Waals surface area (Å²) >= 11 is 0. The normalized spacial score (nSPS) is 28.2. The number of nitrogens with one attached hydrogen (secondary N) is 2. The van der Waals surface area contributed by atoms with Crippen molar-refractivity contribution in [2.45, 2.75) is 32.4 Å². The average Bonchev–Trinajstić information content (AvgIpc) is 2.47. The molecule has 3 aliphatic heterocycles. The molecule has 3 aliphatic rings. The fraction of sp³-hybridized carbons (Fsp3) is 0.600. The standard InChI is InChI=1S/C15H23N4O/c1-2-3-8-17-19-11-12-10-18(20)9-6-13(12)14-5-4-7-16-15(14)19/h4-5,7,11,13,15-17H,2-3,6,8-10H2,1H3/q+1. The monoisotopic (exact) mass is 275 g/mol. The second-order valence-electron chi connectivity index (χ2n) is 5.67. The first-order valence-electron chi connectivity index (χ1n) is 7.56. The van der Waals surface area contributed by atoms with Gasteiger partial charge in [0.05, 0.1) is 0 Å². The molecule has 0 aromatic rings. The molecule has 0 aromatic carbocycles. The highest BCUT2D eigenvalue weighted by atomic mass is 16.3. The summed E-state index contributed by atoms with van der Waals surface area (Å²) in [5, 5.41) is 5.56. The molecule has 1 fully saturated rings. The number of hydrogen-bond acceptors (Lipinski definition) is 4. The van der Waals surface area contributed by atoms with Crippen LogP contribution < -0.4 is 10.7 Å². The Kier molecular flexibility index (Phi) is 3.87. The van der Waals surface area contributed by atoms with Crippen LogP contribution in [0.15, 0.2) is 35.7 Å². The molecule has 20 heavy (non-hydrogen) atoms. The molecule has 0 bridgehead atoms. The molecule has 0 spiro atoms. The molecule has 108 valence electrons. The Morgan fingerprint density at radius 1 is 1.55 bits per heavy atom. The van der Waals surface area contributed by atoms with Gasteiger partial charge < -0.3 is 5.32 Å². The molecule has 2 N–H and O–H groups in total. The van der Waals surface area contributed by atoms with Crippen LogP contribution in [0.3, 0.4) is 0 Å². The summed E-state index contributed by atoms with van der Waals surface area (Å²) in [6, 6.07) is 0. The van der Waals surface area contributed by atoms with Gasteiger partial charge in [-0.15, -0.1) is 0 Å². The third kappa shape index (κ3) is 2.50. The van der Waals surface area contributed by atoms with Gasteiger partial charge in [0, 0.05) is 40.3 Å². The Bertz CT molecular complexity index is 480. The van der Waals surface area contributed by atoms with E-state index in [1.54, 1.807) is 0 Å². The van der Waals surface area contributed by atoms with E-state index < -0.39 is 0 Å². The molecule has 2 unspecified atom stereocenters. The number of hydrogen-bond donors (Lipinski definition) is 2. The van der Waals surface area contributed by atoms with Gasteiger partial charge in [0.25, 0.3) is 0 Å². The maximum Gasteiger partial charge on any atom is 0.215 e. The van der Waals surface area contributed by atoms with Crippen LogP contribution in [0, 0.1) is 10.8 Å². The van der Waals surface area contributed by atoms with Crippen LogP contribution in [0.1, 0.15) is 26.2 Å². The minimum absolute atomic E-state index is 0.184. The largest absolute Gasteiger partial charge is 0.367 e. The first-order chi connectivity index (χ1) is 9.79. The molecular formula is C15H23N4O+. The van der Waals surface area contributed by atoms with E-state index in [4.69, 9.17) is 0 Å². The van der Waals surface area contributed by atoms with Gasteiger partial charge in [-0.2, -0.15) is 0 Å². The zero-order valence-electron chi connectivity index (χ0n) is 12.0. The summed E-state index contributed by atoms with van der Waals surface area (Å²) in [7, 11) is 0. The van der Waals surface area contributed by atoms with Crippen molar-refractivity contribution in [3.63, 3.8) is 0 Å². The molecule has 0 amide bonds. The Balaban J connectivity index is 1.83. The lowest BCUT2D eigenvalue weighted by Crippen LogP contribution is -2.55. The van der Waals surface area contributed by atoms with Crippen molar-refractivity contribution >= 4 is 0 Å². The number of unbranched alkanes of at least 4 members (excludes halogenated alkanes) is 1. The average molecular weight is 275 g/mol. The summed E-state index contributed by atoms with van der Waals surface area (Å²) in [6.07, 6.45) is 11.8. The van der Waals surface area contributed by atoms with E-state index in [0.29, 0.717) is 19.0 Å². The smallest absolute Gasteiger partial charge is 0.215 e. The predicted octanol–water partition coefficient (Wildman–Crippen LogP) is 1.66. The van der Waals surface area contributed by atoms with Crippen LogP contribution >= 0.6 is 0 Å². The van der Waals surface area contributed by atoms with Gasteiger partial charge in [-0.05, 0) is 24.3 Å². The summed E-state index contributed by atoms with van der Waals surface area (Å²) in [5.74, 6) is 0.423. The quantitative estimate of drug-likeness (QED) is 0.605. The van der Waals surface area contributed by atoms with Crippen molar-refractivity contribution in [3.05, 3.63) is 40.6 Å². The third-order valence-corrected chi connectivity index (χ3v) is 4.24. The molecule has 0 aromatic heterocycles. The van der Waals surface area contributed by atoms with Crippen molar-refractivity contribution < 1.29 is 4.76 Å². The molecule has 5 nitrogen and oxygen atoms in total. The summed E-state index contributed by atoms with van der Waals surface area (Å²) in [6.45, 7) is 4.32. The number of piperidine rings is 1. The van der Waals surface area contributed by atoms with E-state index in [9.17, 15) is 4.91 Å². The first-order valence-corrected chi connectivity index (χ1v) is 7.56. The highest BCUT2D eigenvalue weighted by Gasteiger charge is 2.39. The highest BCUT2D eigenvalue weighted by Crippen LogP contribution is 2.35. The Morgan fingerprint density at radius 3 is 3.30 bits per heavy atom. The van der Waals surface area contributed by atoms with E-state index in [1.807, 2.05) is 6.20 Å². The Labute approximate surface area is 119 Å². The second kappa shape index (κ2) is 5.79. The van der Waals surface area contributed by atoms with Crippen molar-refractivity contribution in [3.8, 4) is 0 Å². The maximum absolute atomic E-state index is 11.6. The molecule has 0 saturated carbocycles. The minimum atomic E-state index is 0.184. The van der Waals surface area contributed by atoms with Gasteiger partial charge in [0.15, 0.2) is 6.54 Å². The van der Waals surface area contributed by atoms with E-state index >= 15 is 0 Å². The summed E-state index contributed by atoms with van der Waals surface area (Å²) in [5.41, 5.74) is 6.08. The zero-order valence-corrected chi connectivity index (χ0v) is 12.0. The number of fused-ring (bicyclic) bond motifs is 3. The van der Waals surface area contributed by atoms with E-state index in [1.165, 1.54) is 22.3 Å². The predicted molar refractivity (Wildman–Crippen MR) is 78.4 cm³/mol. The lowest BCUT2D eigenvalue weighted by atomic mass is 9.81. The fourth-order valence-electron chi connectivity index (χ4n) is 3.18. The summed E-state index contributed by atoms with van der Waals surface area (Å²) in [4.78, 5) is 11.6. The number of dihydropyridines is 1. The van der Waals surface area contributed by atoms with Crippen LogP contribution in [0.4, 0.5) is 0 Å². The van der Waals surface area contributed by atoms with E-state index in [2.05, 4.69) is 41.0 Å². The molecule has 2 atom stereocenters. The van der Waals surface area contributed by atoms with E-state index in [0.717, 1.165) is 19.4 Å². The van der Waals surface area contributed by atoms with Crippen LogP contribution in [0.25, 0.3) is 0 Å². The fourth-order valence-corrected chi connectivity index (χ4v) is 3.18. The number of hydrazine groups is 1. The number of nitroso groups, excluding NO2 is 1. The first kappa shape index (κ1) is 13.4. The Morgan fingerprint density at radius 2 is 2.45 bits per heavy atom. The van der Waals surface area contributed by atoms with Crippen LogP contribution in [0.5, 0.6) is 0 Å². The van der Waals surface area contributed by atoms with Crippen molar-refractivity contribution in [1.29, 1.82) is 0 Å². The van der Waals surface area contributed by atoms with Gasteiger partial charge in [0.1, 0.15) is 6.17 Å². The second-order valence-corrected chi connectivity index (χ2v) is 5.67. The topological polar surface area (TPSA) is 47.4 Å². The van der Waals surface area contributed by atoms with Crippen LogP contribution in [-0.2, 0) is 0 Å². The molecular weight excluding hydrogens is 252 g/mol. The summed E-state index contributed by atoms with van der Waals surface area (Å²) < 4.78 is 1.17. The SMILES string of the molecule is CCCCNN1C=C2C[N+](=O)CCC2C2=CC=CNC21. The van der Waals surface area contributed by atoms with Crippen LogP contribution in [-0.4, -0.2) is 35.6 Å². The van der Waals surface area contributed by atoms with Gasteiger partial charge in [-0.25, -0.2) is 5.43 Å². The molecule has 0 aliphatic carbocycles. The lowest BCUT2D eigenvalue weighted by molar-refractivity contribution is -0.549. The molecule has 0 radical (unpaired) electrons. The number of nitrogens with zero attached hydrogens (tertiary/aromatic N) is 2. The third-order valence-electron chi connectivity index (χ3n) is 4.24.